The number of ether oxygens (including phenoxy) is 1. The number of rotatable bonds is 0. The van der Waals surface area contributed by atoms with E-state index in [-0.39, 0.29) is 11.4 Å². The average molecular weight is 436 g/mol. The van der Waals surface area contributed by atoms with Gasteiger partial charge in [0.15, 0.2) is 17.2 Å². The zero-order valence-corrected chi connectivity index (χ0v) is 13.6. The molecule has 4 nitrogen and oxygen atoms in total. The maximum absolute atomic E-state index is 14.0. The standard InChI is InChI=1S/C12H8BrFIN3O/c1-5-16-17-11-12(2-3-12)19-10-7(18(5)11)4-6(14)9(15)8(10)13/h4H,2-3H2,1H3. The average Bonchev–Trinajstić information content (AvgIpc) is 3.04. The lowest BCUT2D eigenvalue weighted by Crippen LogP contribution is -2.27. The van der Waals surface area contributed by atoms with Crippen LogP contribution >= 0.6 is 38.5 Å². The van der Waals surface area contributed by atoms with Crippen LogP contribution in [0.15, 0.2) is 10.5 Å². The Bertz CT molecular complexity index is 726. The first kappa shape index (κ1) is 12.1. The van der Waals surface area contributed by atoms with Gasteiger partial charge in [-0.3, -0.25) is 4.57 Å². The fourth-order valence-electron chi connectivity index (χ4n) is 2.46. The van der Waals surface area contributed by atoms with Gasteiger partial charge in [0, 0.05) is 6.07 Å². The summed E-state index contributed by atoms with van der Waals surface area (Å²) in [4.78, 5) is 0. The van der Waals surface area contributed by atoms with Crippen molar-refractivity contribution in [3.63, 3.8) is 0 Å². The van der Waals surface area contributed by atoms with E-state index in [1.54, 1.807) is 0 Å². The molecular weight excluding hydrogens is 428 g/mol. The molecule has 1 saturated carbocycles. The van der Waals surface area contributed by atoms with Gasteiger partial charge in [0.25, 0.3) is 0 Å². The summed E-state index contributed by atoms with van der Waals surface area (Å²) in [6.45, 7) is 1.87. The van der Waals surface area contributed by atoms with E-state index in [9.17, 15) is 4.39 Å². The molecule has 0 bridgehead atoms. The Morgan fingerprint density at radius 3 is 2.89 bits per heavy atom. The van der Waals surface area contributed by atoms with E-state index in [2.05, 4.69) is 26.1 Å². The zero-order chi connectivity index (χ0) is 13.4. The van der Waals surface area contributed by atoms with Gasteiger partial charge in [0.05, 0.1) is 13.7 Å². The van der Waals surface area contributed by atoms with Gasteiger partial charge in [0.2, 0.25) is 0 Å². The van der Waals surface area contributed by atoms with Crippen LogP contribution in [-0.4, -0.2) is 14.8 Å². The fraction of sp³-hybridized carbons (Fsp3) is 0.333. The summed E-state index contributed by atoms with van der Waals surface area (Å²) in [7, 11) is 0. The number of halogens is 3. The molecule has 0 N–H and O–H groups in total. The second-order valence-electron chi connectivity index (χ2n) is 4.84. The molecule has 2 aromatic rings. The minimum Gasteiger partial charge on any atom is -0.476 e. The highest BCUT2D eigenvalue weighted by atomic mass is 127. The molecule has 1 spiro atoms. The molecule has 1 aromatic heterocycles. The first-order chi connectivity index (χ1) is 9.03. The van der Waals surface area contributed by atoms with Gasteiger partial charge in [-0.05, 0) is 58.3 Å². The van der Waals surface area contributed by atoms with Crippen LogP contribution in [0, 0.1) is 16.3 Å². The van der Waals surface area contributed by atoms with Gasteiger partial charge >= 0.3 is 0 Å². The molecule has 7 heteroatoms. The Labute approximate surface area is 130 Å². The number of aromatic nitrogens is 3. The van der Waals surface area contributed by atoms with Gasteiger partial charge in [-0.15, -0.1) is 10.2 Å². The highest BCUT2D eigenvalue weighted by Gasteiger charge is 2.55. The van der Waals surface area contributed by atoms with E-state index in [0.717, 1.165) is 24.5 Å². The molecule has 2 aliphatic rings. The molecule has 19 heavy (non-hydrogen) atoms. The Kier molecular flexibility index (Phi) is 2.34. The van der Waals surface area contributed by atoms with Crippen LogP contribution < -0.4 is 4.74 Å². The maximum Gasteiger partial charge on any atom is 0.182 e. The topological polar surface area (TPSA) is 39.9 Å². The molecule has 4 rings (SSSR count). The maximum atomic E-state index is 14.0. The minimum absolute atomic E-state index is 0.277. The van der Waals surface area contributed by atoms with Crippen molar-refractivity contribution in [1.82, 2.24) is 14.8 Å². The number of fused-ring (bicyclic) bond motifs is 4. The normalized spacial score (nSPS) is 17.9. The smallest absolute Gasteiger partial charge is 0.182 e. The highest BCUT2D eigenvalue weighted by molar-refractivity contribution is 14.1. The second-order valence-corrected chi connectivity index (χ2v) is 6.71. The highest BCUT2D eigenvalue weighted by Crippen LogP contribution is 2.55. The predicted octanol–water partition coefficient (Wildman–Crippen LogP) is 3.46. The summed E-state index contributed by atoms with van der Waals surface area (Å²) in [6, 6.07) is 1.48. The minimum atomic E-state index is -0.363. The van der Waals surface area contributed by atoms with Crippen LogP contribution in [0.2, 0.25) is 0 Å². The molecule has 0 unspecified atom stereocenters. The van der Waals surface area contributed by atoms with Gasteiger partial charge < -0.3 is 4.74 Å². The van der Waals surface area contributed by atoms with Crippen molar-refractivity contribution in [2.45, 2.75) is 25.4 Å². The lowest BCUT2D eigenvalue weighted by Gasteiger charge is -2.28. The third-order valence-corrected chi connectivity index (χ3v) is 6.13. The van der Waals surface area contributed by atoms with Crippen molar-refractivity contribution in [3.05, 3.63) is 31.6 Å². The van der Waals surface area contributed by atoms with Crippen molar-refractivity contribution in [2.24, 2.45) is 0 Å². The van der Waals surface area contributed by atoms with E-state index in [0.29, 0.717) is 19.5 Å². The summed E-state index contributed by atoms with van der Waals surface area (Å²) in [6.07, 6.45) is 1.84. The number of aryl methyl sites for hydroxylation is 1. The van der Waals surface area contributed by atoms with Crippen LogP contribution in [0.5, 0.6) is 5.75 Å². The van der Waals surface area contributed by atoms with E-state index < -0.39 is 0 Å². The first-order valence-corrected chi connectivity index (χ1v) is 7.70. The van der Waals surface area contributed by atoms with Gasteiger partial charge in [-0.2, -0.15) is 0 Å². The molecule has 1 fully saturated rings. The number of hydrogen-bond donors (Lipinski definition) is 0. The Morgan fingerprint density at radius 1 is 1.47 bits per heavy atom. The van der Waals surface area contributed by atoms with Crippen LogP contribution in [0.4, 0.5) is 4.39 Å². The summed E-state index contributed by atoms with van der Waals surface area (Å²) in [5.74, 6) is 1.93. The third-order valence-electron chi connectivity index (χ3n) is 3.57. The van der Waals surface area contributed by atoms with Gasteiger partial charge in [-0.1, -0.05) is 0 Å². The number of nitrogens with zero attached hydrogens (tertiary/aromatic N) is 3. The fourth-order valence-corrected chi connectivity index (χ4v) is 3.33. The molecular formula is C12H8BrFIN3O. The second kappa shape index (κ2) is 3.69. The van der Waals surface area contributed by atoms with Crippen molar-refractivity contribution in [3.8, 4) is 11.4 Å². The number of benzene rings is 1. The lowest BCUT2D eigenvalue weighted by atomic mass is 10.2. The Hall–Kier alpha value is -0.700. The summed E-state index contributed by atoms with van der Waals surface area (Å²) < 4.78 is 23.1. The Balaban J connectivity index is 2.09. The van der Waals surface area contributed by atoms with Crippen molar-refractivity contribution in [1.29, 1.82) is 0 Å². The molecule has 1 aliphatic carbocycles. The monoisotopic (exact) mass is 435 g/mol. The summed E-state index contributed by atoms with van der Waals surface area (Å²) in [5.41, 5.74) is 0.303. The van der Waals surface area contributed by atoms with Crippen LogP contribution in [-0.2, 0) is 5.60 Å². The predicted molar refractivity (Wildman–Crippen MR) is 78.0 cm³/mol. The molecule has 98 valence electrons. The third kappa shape index (κ3) is 1.48. The molecule has 1 aromatic carbocycles. The molecule has 2 heterocycles. The molecule has 1 aliphatic heterocycles. The van der Waals surface area contributed by atoms with E-state index >= 15 is 0 Å². The van der Waals surface area contributed by atoms with Crippen LogP contribution in [0.3, 0.4) is 0 Å². The van der Waals surface area contributed by atoms with E-state index in [4.69, 9.17) is 4.74 Å². The van der Waals surface area contributed by atoms with Gasteiger partial charge in [-0.25, -0.2) is 4.39 Å². The van der Waals surface area contributed by atoms with Crippen molar-refractivity contribution < 1.29 is 9.13 Å². The largest absolute Gasteiger partial charge is 0.476 e. The molecule has 0 saturated heterocycles. The molecule has 0 radical (unpaired) electrons. The van der Waals surface area contributed by atoms with E-state index in [1.807, 2.05) is 34.1 Å². The van der Waals surface area contributed by atoms with Crippen molar-refractivity contribution in [2.75, 3.05) is 0 Å². The lowest BCUT2D eigenvalue weighted by molar-refractivity contribution is 0.154. The number of hydrogen-bond acceptors (Lipinski definition) is 3. The molecule has 0 atom stereocenters. The zero-order valence-electron chi connectivity index (χ0n) is 9.88. The van der Waals surface area contributed by atoms with Crippen molar-refractivity contribution >= 4 is 38.5 Å². The summed E-state index contributed by atoms with van der Waals surface area (Å²) >= 11 is 5.41. The van der Waals surface area contributed by atoms with Crippen LogP contribution in [0.25, 0.3) is 5.69 Å². The van der Waals surface area contributed by atoms with Gasteiger partial charge in [0.1, 0.15) is 11.6 Å². The quantitative estimate of drug-likeness (QED) is 0.470. The Morgan fingerprint density at radius 2 is 2.21 bits per heavy atom. The summed E-state index contributed by atoms with van der Waals surface area (Å²) in [5, 5.41) is 8.31. The van der Waals surface area contributed by atoms with Crippen LogP contribution in [0.1, 0.15) is 24.5 Å². The molecule has 0 amide bonds. The first-order valence-electron chi connectivity index (χ1n) is 5.83. The van der Waals surface area contributed by atoms with E-state index in [1.165, 1.54) is 6.07 Å². The SMILES string of the molecule is Cc1nnc2n1-c1cc(F)c(I)c(Br)c1OC21CC1.